The molecule has 0 saturated carbocycles. The Morgan fingerprint density at radius 3 is 2.18 bits per heavy atom. The monoisotopic (exact) mass is 691 g/mol. The fourth-order valence-corrected chi connectivity index (χ4v) is 5.87. The zero-order chi connectivity index (χ0) is 26.0. The smallest absolute Gasteiger partial charge is 0.135 e. The largest absolute Gasteiger partial charge is 0.457 e. The van der Waals surface area contributed by atoms with Crippen LogP contribution in [-0.4, -0.2) is 18.0 Å². The number of pyridine rings is 2. The number of fused-ring (bicyclic) bond motifs is 3. The third kappa shape index (κ3) is 6.02. The minimum Gasteiger partial charge on any atom is -0.457 e. The Hall–Kier alpha value is -3.37. The van der Waals surface area contributed by atoms with Crippen LogP contribution in [0.25, 0.3) is 44.5 Å². The van der Waals surface area contributed by atoms with E-state index in [0.29, 0.717) is 0 Å². The second-order valence-corrected chi connectivity index (χ2v) is 15.4. The van der Waals surface area contributed by atoms with Gasteiger partial charge in [-0.2, -0.15) is 0 Å². The van der Waals surface area contributed by atoms with Gasteiger partial charge in [-0.05, 0) is 36.0 Å². The average Bonchev–Trinajstić information content (AvgIpc) is 3.27. The Labute approximate surface area is 239 Å². The van der Waals surface area contributed by atoms with E-state index in [0.717, 1.165) is 44.5 Å². The molecule has 3 heterocycles. The molecule has 0 fully saturated rings. The van der Waals surface area contributed by atoms with E-state index < -0.39 is 8.07 Å². The summed E-state index contributed by atoms with van der Waals surface area (Å²) in [5.74, 6) is 0. The summed E-state index contributed by atoms with van der Waals surface area (Å²) < 4.78 is 6.00. The minimum atomic E-state index is -1.46. The Balaban J connectivity index is 0.000000193. The van der Waals surface area contributed by atoms with E-state index in [1.165, 1.54) is 16.3 Å². The molecular weight excluding hydrogens is 661 g/mol. The molecular formula is C33H30IrN2OSi-2. The van der Waals surface area contributed by atoms with Crippen molar-refractivity contribution >= 4 is 35.2 Å². The average molecular weight is 691 g/mol. The van der Waals surface area contributed by atoms with Crippen molar-refractivity contribution in [2.45, 2.75) is 33.5 Å². The standard InChI is InChI=1S/C20H18NOSi.C13H12N.Ir/c1-23(2,3)20-11-7-5-9-15(20)17-12-19-16(13-21-17)14-8-4-6-10-18(14)22-19;1-10-3-6-12(7-4-10)13-8-5-11(2)9-14-13;/h4-8,10-13H,1-3H3;3-6,8-9H,1-2H3;/q2*-1;. The number of benzene rings is 3. The van der Waals surface area contributed by atoms with Gasteiger partial charge < -0.3 is 14.4 Å². The van der Waals surface area contributed by atoms with E-state index >= 15 is 0 Å². The molecule has 3 aromatic heterocycles. The van der Waals surface area contributed by atoms with Gasteiger partial charge in [0.25, 0.3) is 0 Å². The van der Waals surface area contributed by atoms with Gasteiger partial charge in [0, 0.05) is 51.3 Å². The molecule has 3 aromatic carbocycles. The first-order chi connectivity index (χ1) is 17.8. The van der Waals surface area contributed by atoms with Crippen LogP contribution in [-0.2, 0) is 20.1 Å². The molecule has 3 nitrogen and oxygen atoms in total. The Morgan fingerprint density at radius 2 is 1.47 bits per heavy atom. The van der Waals surface area contributed by atoms with Gasteiger partial charge in [-0.15, -0.1) is 70.4 Å². The maximum absolute atomic E-state index is 6.00. The Morgan fingerprint density at radius 1 is 0.711 bits per heavy atom. The quantitative estimate of drug-likeness (QED) is 0.139. The van der Waals surface area contributed by atoms with Crippen LogP contribution in [0.3, 0.4) is 0 Å². The first kappa shape index (κ1) is 27.7. The molecule has 6 aromatic rings. The summed E-state index contributed by atoms with van der Waals surface area (Å²) in [5, 5.41) is 3.56. The van der Waals surface area contributed by atoms with Gasteiger partial charge in [-0.1, -0.05) is 56.9 Å². The van der Waals surface area contributed by atoms with E-state index in [9.17, 15) is 0 Å². The SMILES string of the molecule is C[Si](C)(C)c1ccc[c-]c1-c1cc2oc3ccccc3c2cn1.Cc1c[c-]c(-c2ccc(C)cn2)cc1.[Ir]. The molecule has 0 atom stereocenters. The second kappa shape index (κ2) is 11.6. The van der Waals surface area contributed by atoms with Gasteiger partial charge in [0.05, 0.1) is 0 Å². The number of aryl methyl sites for hydroxylation is 2. The first-order valence-corrected chi connectivity index (χ1v) is 16.0. The van der Waals surface area contributed by atoms with E-state index in [4.69, 9.17) is 9.40 Å². The van der Waals surface area contributed by atoms with Crippen molar-refractivity contribution in [2.75, 3.05) is 0 Å². The zero-order valence-corrected chi connectivity index (χ0v) is 25.7. The summed E-state index contributed by atoms with van der Waals surface area (Å²) in [6.45, 7) is 11.1. The molecule has 0 bridgehead atoms. The normalized spacial score (nSPS) is 11.1. The fourth-order valence-electron chi connectivity index (χ4n) is 4.32. The van der Waals surface area contributed by atoms with Crippen LogP contribution in [0.1, 0.15) is 11.1 Å². The summed E-state index contributed by atoms with van der Waals surface area (Å²) in [5.41, 5.74) is 8.27. The maximum atomic E-state index is 6.00. The first-order valence-electron chi connectivity index (χ1n) is 12.5. The number of hydrogen-bond donors (Lipinski definition) is 0. The third-order valence-corrected chi connectivity index (χ3v) is 8.37. The number of nitrogens with zero attached hydrogens (tertiary/aromatic N) is 2. The molecule has 0 N–H and O–H groups in total. The summed E-state index contributed by atoms with van der Waals surface area (Å²) in [6.07, 6.45) is 3.80. The molecule has 5 heteroatoms. The topological polar surface area (TPSA) is 38.9 Å². The molecule has 38 heavy (non-hydrogen) atoms. The molecule has 0 saturated heterocycles. The zero-order valence-electron chi connectivity index (χ0n) is 22.3. The summed E-state index contributed by atoms with van der Waals surface area (Å²) in [6, 6.07) is 33.2. The van der Waals surface area contributed by atoms with Gasteiger partial charge in [0.2, 0.25) is 0 Å². The summed E-state index contributed by atoms with van der Waals surface area (Å²) in [4.78, 5) is 9.05. The van der Waals surface area contributed by atoms with Gasteiger partial charge in [0.1, 0.15) is 11.2 Å². The predicted molar refractivity (Wildman–Crippen MR) is 157 cm³/mol. The molecule has 0 unspecified atom stereocenters. The molecule has 0 amide bonds. The van der Waals surface area contributed by atoms with E-state index in [1.807, 2.05) is 67.8 Å². The molecule has 193 valence electrons. The van der Waals surface area contributed by atoms with E-state index in [-0.39, 0.29) is 20.1 Å². The fraction of sp³-hybridized carbons (Fsp3) is 0.152. The second-order valence-electron chi connectivity index (χ2n) is 10.4. The molecule has 0 aliphatic heterocycles. The molecule has 0 aliphatic rings. The number of aromatic nitrogens is 2. The van der Waals surface area contributed by atoms with Crippen LogP contribution in [0.15, 0.2) is 95.7 Å². The van der Waals surface area contributed by atoms with Crippen molar-refractivity contribution in [3.8, 4) is 22.5 Å². The van der Waals surface area contributed by atoms with Crippen molar-refractivity contribution in [3.05, 3.63) is 115 Å². The predicted octanol–water partition coefficient (Wildman–Crippen LogP) is 8.16. The van der Waals surface area contributed by atoms with Gasteiger partial charge in [0.15, 0.2) is 0 Å². The minimum absolute atomic E-state index is 0. The van der Waals surface area contributed by atoms with Crippen LogP contribution >= 0.6 is 0 Å². The van der Waals surface area contributed by atoms with Crippen LogP contribution < -0.4 is 5.19 Å². The van der Waals surface area contributed by atoms with Crippen LogP contribution in [0.5, 0.6) is 0 Å². The number of rotatable bonds is 3. The molecule has 0 spiro atoms. The van der Waals surface area contributed by atoms with E-state index in [2.05, 4.69) is 74.0 Å². The Bertz CT molecular complexity index is 1620. The molecule has 1 radical (unpaired) electrons. The third-order valence-electron chi connectivity index (χ3n) is 6.34. The van der Waals surface area contributed by atoms with Crippen LogP contribution in [0, 0.1) is 26.0 Å². The number of hydrogen-bond acceptors (Lipinski definition) is 3. The van der Waals surface area contributed by atoms with Gasteiger partial charge in [-0.3, -0.25) is 0 Å². The van der Waals surface area contributed by atoms with Crippen LogP contribution in [0.2, 0.25) is 19.6 Å². The van der Waals surface area contributed by atoms with Crippen LogP contribution in [0.4, 0.5) is 0 Å². The van der Waals surface area contributed by atoms with Crippen molar-refractivity contribution in [1.82, 2.24) is 9.97 Å². The number of para-hydroxylation sites is 1. The van der Waals surface area contributed by atoms with Gasteiger partial charge in [-0.25, -0.2) is 0 Å². The summed E-state index contributed by atoms with van der Waals surface area (Å²) in [7, 11) is -1.46. The van der Waals surface area contributed by atoms with E-state index in [1.54, 1.807) is 0 Å². The molecule has 0 aliphatic carbocycles. The maximum Gasteiger partial charge on any atom is 0.135 e. The van der Waals surface area contributed by atoms with Crippen molar-refractivity contribution < 1.29 is 24.5 Å². The molecule has 6 rings (SSSR count). The number of furan rings is 1. The summed E-state index contributed by atoms with van der Waals surface area (Å²) >= 11 is 0. The van der Waals surface area contributed by atoms with Crippen molar-refractivity contribution in [1.29, 1.82) is 0 Å². The van der Waals surface area contributed by atoms with Crippen molar-refractivity contribution in [2.24, 2.45) is 0 Å². The van der Waals surface area contributed by atoms with Gasteiger partial charge >= 0.3 is 0 Å². The van der Waals surface area contributed by atoms with Crippen molar-refractivity contribution in [3.63, 3.8) is 0 Å². The Kier molecular flexibility index (Phi) is 8.42.